The van der Waals surface area contributed by atoms with Crippen LogP contribution in [0, 0.1) is 6.07 Å². The SMILES string of the molecule is O=C(O)c1ccc2nc(-c3[c-]c(-c4nc5ccccc5s4)ccc3)sc2c1. The minimum absolute atomic E-state index is 0.268. The average Bonchev–Trinajstić information content (AvgIpc) is 3.31. The Hall–Kier alpha value is -3.09. The van der Waals surface area contributed by atoms with Gasteiger partial charge in [0.25, 0.3) is 0 Å². The number of thiazole rings is 2. The third-order valence-corrected chi connectivity index (χ3v) is 6.31. The van der Waals surface area contributed by atoms with E-state index in [1.54, 1.807) is 29.5 Å². The average molecular weight is 387 g/mol. The van der Waals surface area contributed by atoms with Gasteiger partial charge in [-0.15, -0.1) is 24.3 Å². The molecule has 0 atom stereocenters. The van der Waals surface area contributed by atoms with E-state index < -0.39 is 5.97 Å². The maximum atomic E-state index is 11.2. The van der Waals surface area contributed by atoms with Crippen LogP contribution in [-0.2, 0) is 0 Å². The Morgan fingerprint density at radius 2 is 1.48 bits per heavy atom. The number of carboxylic acid groups (broad SMARTS) is 1. The quantitative estimate of drug-likeness (QED) is 0.401. The van der Waals surface area contributed by atoms with E-state index in [0.29, 0.717) is 0 Å². The van der Waals surface area contributed by atoms with E-state index in [-0.39, 0.29) is 5.56 Å². The van der Waals surface area contributed by atoms with Crippen LogP contribution < -0.4 is 0 Å². The third kappa shape index (κ3) is 2.89. The number of carboxylic acids is 1. The molecule has 0 saturated heterocycles. The lowest BCUT2D eigenvalue weighted by Gasteiger charge is -2.07. The van der Waals surface area contributed by atoms with Crippen LogP contribution in [-0.4, -0.2) is 21.0 Å². The zero-order valence-corrected chi connectivity index (χ0v) is 15.5. The number of fused-ring (bicyclic) bond motifs is 2. The summed E-state index contributed by atoms with van der Waals surface area (Å²) in [5, 5.41) is 10.9. The number of hydrogen-bond donors (Lipinski definition) is 1. The van der Waals surface area contributed by atoms with Gasteiger partial charge in [-0.3, -0.25) is 9.97 Å². The number of aromatic nitrogens is 2. The fourth-order valence-electron chi connectivity index (χ4n) is 2.88. The molecule has 0 spiro atoms. The van der Waals surface area contributed by atoms with E-state index in [2.05, 4.69) is 17.1 Å². The Balaban J connectivity index is 1.58. The maximum absolute atomic E-state index is 11.2. The second-order valence-corrected chi connectivity index (χ2v) is 8.03. The molecule has 0 saturated carbocycles. The Morgan fingerprint density at radius 1 is 0.815 bits per heavy atom. The molecule has 27 heavy (non-hydrogen) atoms. The summed E-state index contributed by atoms with van der Waals surface area (Å²) in [4.78, 5) is 20.5. The molecule has 130 valence electrons. The highest BCUT2D eigenvalue weighted by atomic mass is 32.1. The van der Waals surface area contributed by atoms with Gasteiger partial charge in [0.1, 0.15) is 0 Å². The van der Waals surface area contributed by atoms with E-state index in [1.807, 2.05) is 36.4 Å². The predicted molar refractivity (Wildman–Crippen MR) is 109 cm³/mol. The van der Waals surface area contributed by atoms with Crippen molar-refractivity contribution < 1.29 is 9.90 Å². The van der Waals surface area contributed by atoms with Gasteiger partial charge >= 0.3 is 5.97 Å². The number of rotatable bonds is 3. The Morgan fingerprint density at radius 3 is 2.19 bits per heavy atom. The summed E-state index contributed by atoms with van der Waals surface area (Å²) >= 11 is 3.11. The molecule has 4 nitrogen and oxygen atoms in total. The van der Waals surface area contributed by atoms with Crippen molar-refractivity contribution in [1.29, 1.82) is 0 Å². The summed E-state index contributed by atoms with van der Waals surface area (Å²) in [6.45, 7) is 0. The van der Waals surface area contributed by atoms with E-state index in [0.717, 1.165) is 41.6 Å². The van der Waals surface area contributed by atoms with Crippen LogP contribution in [0.2, 0.25) is 0 Å². The largest absolute Gasteiger partial charge is 0.478 e. The van der Waals surface area contributed by atoms with Crippen molar-refractivity contribution >= 4 is 49.1 Å². The standard InChI is InChI=1S/C21H11N2O2S2/c24-21(25)14-8-9-16-18(11-14)27-20(23-16)13-5-3-4-12(10-13)19-22-15-6-1-2-7-17(15)26-19/h1-9,11H,(H,24,25)/q-1. The Labute approximate surface area is 162 Å². The molecule has 5 rings (SSSR count). The van der Waals surface area contributed by atoms with Crippen LogP contribution in [0.5, 0.6) is 0 Å². The molecule has 2 heterocycles. The lowest BCUT2D eigenvalue weighted by molar-refractivity contribution is 0.0697. The van der Waals surface area contributed by atoms with Gasteiger partial charge < -0.3 is 5.11 Å². The van der Waals surface area contributed by atoms with Gasteiger partial charge in [-0.2, -0.15) is 22.7 Å². The fourth-order valence-corrected chi connectivity index (χ4v) is 4.81. The van der Waals surface area contributed by atoms with Crippen molar-refractivity contribution in [2.75, 3.05) is 0 Å². The molecule has 6 heteroatoms. The number of carbonyl (C=O) groups is 1. The topological polar surface area (TPSA) is 63.1 Å². The summed E-state index contributed by atoms with van der Waals surface area (Å²) in [6, 6.07) is 22.4. The number of benzene rings is 3. The van der Waals surface area contributed by atoms with Gasteiger partial charge in [-0.25, -0.2) is 4.79 Å². The first-order valence-electron chi connectivity index (χ1n) is 8.20. The van der Waals surface area contributed by atoms with Gasteiger partial charge in [0, 0.05) is 9.40 Å². The van der Waals surface area contributed by atoms with Crippen molar-refractivity contribution in [2.24, 2.45) is 0 Å². The second kappa shape index (κ2) is 6.26. The second-order valence-electron chi connectivity index (χ2n) is 5.97. The van der Waals surface area contributed by atoms with Crippen LogP contribution >= 0.6 is 22.7 Å². The summed E-state index contributed by atoms with van der Waals surface area (Å²) < 4.78 is 2.00. The van der Waals surface area contributed by atoms with Crippen LogP contribution in [0.3, 0.4) is 0 Å². The molecule has 0 radical (unpaired) electrons. The highest BCUT2D eigenvalue weighted by molar-refractivity contribution is 7.22. The summed E-state index contributed by atoms with van der Waals surface area (Å²) in [5.74, 6) is -0.934. The molecule has 5 aromatic rings. The van der Waals surface area contributed by atoms with Crippen LogP contribution in [0.15, 0.2) is 60.7 Å². The Bertz CT molecular complexity index is 1290. The number of nitrogens with zero attached hydrogens (tertiary/aromatic N) is 2. The smallest absolute Gasteiger partial charge is 0.335 e. The van der Waals surface area contributed by atoms with Gasteiger partial charge in [0.15, 0.2) is 0 Å². The molecule has 0 aliphatic carbocycles. The van der Waals surface area contributed by atoms with E-state index in [4.69, 9.17) is 10.1 Å². The zero-order valence-electron chi connectivity index (χ0n) is 13.8. The number of aromatic carboxylic acids is 1. The molecule has 0 bridgehead atoms. The first kappa shape index (κ1) is 16.1. The van der Waals surface area contributed by atoms with E-state index in [1.165, 1.54) is 11.3 Å². The van der Waals surface area contributed by atoms with Crippen LogP contribution in [0.25, 0.3) is 41.6 Å². The molecule has 0 unspecified atom stereocenters. The molecule has 2 aromatic heterocycles. The minimum Gasteiger partial charge on any atom is -0.478 e. The molecular weight excluding hydrogens is 376 g/mol. The summed E-state index contributed by atoms with van der Waals surface area (Å²) in [6.07, 6.45) is 0. The summed E-state index contributed by atoms with van der Waals surface area (Å²) in [5.41, 5.74) is 3.85. The van der Waals surface area contributed by atoms with Crippen molar-refractivity contribution in [3.8, 4) is 21.1 Å². The number of hydrogen-bond acceptors (Lipinski definition) is 5. The third-order valence-electron chi connectivity index (χ3n) is 4.19. The van der Waals surface area contributed by atoms with Crippen molar-refractivity contribution in [1.82, 2.24) is 9.97 Å². The molecule has 0 fully saturated rings. The normalized spacial score (nSPS) is 11.3. The highest BCUT2D eigenvalue weighted by Crippen LogP contribution is 2.34. The van der Waals surface area contributed by atoms with E-state index >= 15 is 0 Å². The zero-order chi connectivity index (χ0) is 18.4. The minimum atomic E-state index is -0.934. The molecule has 0 aliphatic heterocycles. The monoisotopic (exact) mass is 387 g/mol. The predicted octanol–water partition coefficient (Wildman–Crippen LogP) is 5.74. The fraction of sp³-hybridized carbons (Fsp3) is 0. The van der Waals surface area contributed by atoms with Crippen molar-refractivity contribution in [2.45, 2.75) is 0 Å². The highest BCUT2D eigenvalue weighted by Gasteiger charge is 2.08. The van der Waals surface area contributed by atoms with Gasteiger partial charge in [-0.1, -0.05) is 23.3 Å². The molecule has 1 N–H and O–H groups in total. The lowest BCUT2D eigenvalue weighted by Crippen LogP contribution is -1.94. The summed E-state index contributed by atoms with van der Waals surface area (Å²) in [7, 11) is 0. The van der Waals surface area contributed by atoms with Gasteiger partial charge in [0.2, 0.25) is 0 Å². The first-order chi connectivity index (χ1) is 13.2. The molecular formula is C21H11N2O2S2-. The lowest BCUT2D eigenvalue weighted by atomic mass is 10.1. The van der Waals surface area contributed by atoms with Crippen molar-refractivity contribution in [3.05, 3.63) is 72.3 Å². The maximum Gasteiger partial charge on any atom is 0.335 e. The number of para-hydroxylation sites is 1. The molecule has 0 aliphatic rings. The van der Waals surface area contributed by atoms with Crippen LogP contribution in [0.4, 0.5) is 0 Å². The van der Waals surface area contributed by atoms with E-state index in [9.17, 15) is 4.79 Å². The molecule has 3 aromatic carbocycles. The van der Waals surface area contributed by atoms with Gasteiger partial charge in [0.05, 0.1) is 26.6 Å². The van der Waals surface area contributed by atoms with Crippen molar-refractivity contribution in [3.63, 3.8) is 0 Å². The Kier molecular flexibility index (Phi) is 3.74. The van der Waals surface area contributed by atoms with Gasteiger partial charge in [-0.05, 0) is 30.3 Å². The first-order valence-corrected chi connectivity index (χ1v) is 9.83. The van der Waals surface area contributed by atoms with Crippen LogP contribution in [0.1, 0.15) is 10.4 Å². The molecule has 0 amide bonds.